The number of hydrogen-bond acceptors (Lipinski definition) is 5. The number of nitriles is 1. The number of benzene rings is 1. The van der Waals surface area contributed by atoms with E-state index in [9.17, 15) is 14.4 Å². The summed E-state index contributed by atoms with van der Waals surface area (Å²) in [4.78, 5) is 21.0. The molecule has 0 radical (unpaired) electrons. The fourth-order valence-corrected chi connectivity index (χ4v) is 3.08. The Morgan fingerprint density at radius 1 is 1.40 bits per heavy atom. The maximum atomic E-state index is 13.6. The van der Waals surface area contributed by atoms with Crippen LogP contribution in [-0.2, 0) is 11.2 Å². The van der Waals surface area contributed by atoms with E-state index < -0.39 is 5.25 Å². The summed E-state index contributed by atoms with van der Waals surface area (Å²) in [5.74, 6) is -0.0254. The van der Waals surface area contributed by atoms with Crippen molar-refractivity contribution in [3.05, 3.63) is 46.7 Å². The molecule has 0 aliphatic heterocycles. The van der Waals surface area contributed by atoms with Gasteiger partial charge in [0, 0.05) is 12.1 Å². The van der Waals surface area contributed by atoms with Crippen LogP contribution in [0.2, 0.25) is 0 Å². The zero-order chi connectivity index (χ0) is 18.6. The number of carbonyl (C=O) groups is 1. The van der Waals surface area contributed by atoms with E-state index in [2.05, 4.69) is 21.4 Å². The second kappa shape index (κ2) is 8.08. The molecule has 1 N–H and O–H groups in total. The standard InChI is InChI=1S/C18H19FN4OS/c1-5-16-21-11(3)14(9-20)18(23-16)25-12(4)17(24)22-13-7-6-10(2)15(19)8-13/h6-8,12H,5H2,1-4H3,(H,22,24)/t12-/m1/s1. The van der Waals surface area contributed by atoms with Crippen LogP contribution in [0, 0.1) is 31.0 Å². The quantitative estimate of drug-likeness (QED) is 0.650. The number of nitrogens with zero attached hydrogens (tertiary/aromatic N) is 3. The predicted octanol–water partition coefficient (Wildman–Crippen LogP) is 3.79. The predicted molar refractivity (Wildman–Crippen MR) is 95.9 cm³/mol. The lowest BCUT2D eigenvalue weighted by Gasteiger charge is -2.14. The van der Waals surface area contributed by atoms with E-state index >= 15 is 0 Å². The fourth-order valence-electron chi connectivity index (χ4n) is 2.11. The summed E-state index contributed by atoms with van der Waals surface area (Å²) < 4.78 is 13.6. The Labute approximate surface area is 150 Å². The van der Waals surface area contributed by atoms with Crippen molar-refractivity contribution in [1.29, 1.82) is 5.26 Å². The van der Waals surface area contributed by atoms with Gasteiger partial charge in [0.2, 0.25) is 5.91 Å². The van der Waals surface area contributed by atoms with Gasteiger partial charge in [-0.15, -0.1) is 0 Å². The Kier molecular flexibility index (Phi) is 6.10. The highest BCUT2D eigenvalue weighted by Gasteiger charge is 2.20. The van der Waals surface area contributed by atoms with Crippen LogP contribution in [0.4, 0.5) is 10.1 Å². The number of aryl methyl sites for hydroxylation is 3. The molecule has 1 atom stereocenters. The van der Waals surface area contributed by atoms with Gasteiger partial charge in [-0.1, -0.05) is 24.8 Å². The Balaban J connectivity index is 2.17. The molecule has 1 aromatic carbocycles. The largest absolute Gasteiger partial charge is 0.325 e. The Bertz CT molecular complexity index is 848. The average molecular weight is 358 g/mol. The lowest BCUT2D eigenvalue weighted by Crippen LogP contribution is -2.23. The average Bonchev–Trinajstić information content (AvgIpc) is 2.57. The molecule has 2 aromatic rings. The first-order valence-corrected chi connectivity index (χ1v) is 8.75. The van der Waals surface area contributed by atoms with Crippen molar-refractivity contribution in [3.63, 3.8) is 0 Å². The van der Waals surface area contributed by atoms with Crippen LogP contribution in [0.1, 0.15) is 36.5 Å². The summed E-state index contributed by atoms with van der Waals surface area (Å²) in [5, 5.41) is 12.0. The molecule has 0 saturated heterocycles. The zero-order valence-electron chi connectivity index (χ0n) is 14.6. The van der Waals surface area contributed by atoms with Crippen molar-refractivity contribution in [3.8, 4) is 6.07 Å². The highest BCUT2D eigenvalue weighted by atomic mass is 32.2. The molecule has 5 nitrogen and oxygen atoms in total. The summed E-state index contributed by atoms with van der Waals surface area (Å²) in [6.45, 7) is 7.06. The first-order valence-electron chi connectivity index (χ1n) is 7.87. The third kappa shape index (κ3) is 4.54. The van der Waals surface area contributed by atoms with Crippen LogP contribution < -0.4 is 5.32 Å². The van der Waals surface area contributed by atoms with Crippen molar-refractivity contribution < 1.29 is 9.18 Å². The summed E-state index contributed by atoms with van der Waals surface area (Å²) in [7, 11) is 0. The normalized spacial score (nSPS) is 11.7. The van der Waals surface area contributed by atoms with Gasteiger partial charge in [-0.25, -0.2) is 14.4 Å². The number of rotatable bonds is 5. The third-order valence-corrected chi connectivity index (χ3v) is 4.71. The van der Waals surface area contributed by atoms with Crippen molar-refractivity contribution in [2.45, 2.75) is 44.4 Å². The van der Waals surface area contributed by atoms with Gasteiger partial charge >= 0.3 is 0 Å². The molecule has 0 aliphatic rings. The van der Waals surface area contributed by atoms with E-state index in [1.54, 1.807) is 32.9 Å². The lowest BCUT2D eigenvalue weighted by atomic mass is 10.2. The van der Waals surface area contributed by atoms with Gasteiger partial charge in [0.15, 0.2) is 0 Å². The van der Waals surface area contributed by atoms with Crippen molar-refractivity contribution in [2.75, 3.05) is 5.32 Å². The molecule has 0 unspecified atom stereocenters. The summed E-state index contributed by atoms with van der Waals surface area (Å²) >= 11 is 1.19. The molecule has 1 aromatic heterocycles. The van der Waals surface area contributed by atoms with E-state index in [4.69, 9.17) is 0 Å². The van der Waals surface area contributed by atoms with Gasteiger partial charge in [0.05, 0.1) is 10.9 Å². The molecule has 2 rings (SSSR count). The molecule has 25 heavy (non-hydrogen) atoms. The summed E-state index contributed by atoms with van der Waals surface area (Å²) in [5.41, 5.74) is 1.89. The Morgan fingerprint density at radius 2 is 2.12 bits per heavy atom. The number of anilines is 1. The van der Waals surface area contributed by atoms with Gasteiger partial charge in [-0.3, -0.25) is 4.79 Å². The molecule has 0 saturated carbocycles. The Hall–Kier alpha value is -2.46. The molecule has 1 heterocycles. The highest BCUT2D eigenvalue weighted by molar-refractivity contribution is 8.00. The van der Waals surface area contributed by atoms with E-state index in [0.717, 1.165) is 0 Å². The van der Waals surface area contributed by atoms with Crippen molar-refractivity contribution in [2.24, 2.45) is 0 Å². The van der Waals surface area contributed by atoms with Gasteiger partial charge in [-0.05, 0) is 38.5 Å². The number of amides is 1. The fraction of sp³-hybridized carbons (Fsp3) is 0.333. The van der Waals surface area contributed by atoms with Gasteiger partial charge in [0.25, 0.3) is 0 Å². The van der Waals surface area contributed by atoms with Gasteiger partial charge in [-0.2, -0.15) is 5.26 Å². The Morgan fingerprint density at radius 3 is 2.72 bits per heavy atom. The van der Waals surface area contributed by atoms with Crippen LogP contribution in [0.5, 0.6) is 0 Å². The number of halogens is 1. The smallest absolute Gasteiger partial charge is 0.237 e. The van der Waals surface area contributed by atoms with E-state index in [1.807, 2.05) is 6.92 Å². The summed E-state index contributed by atoms with van der Waals surface area (Å²) in [6.07, 6.45) is 0.642. The third-order valence-electron chi connectivity index (χ3n) is 3.63. The number of carbonyl (C=O) groups excluding carboxylic acids is 1. The van der Waals surface area contributed by atoms with Crippen LogP contribution in [-0.4, -0.2) is 21.1 Å². The van der Waals surface area contributed by atoms with Crippen molar-refractivity contribution >= 4 is 23.4 Å². The summed E-state index contributed by atoms with van der Waals surface area (Å²) in [6, 6.07) is 6.64. The SMILES string of the molecule is CCc1nc(C)c(C#N)c(S[C@H](C)C(=O)Nc2ccc(C)c(F)c2)n1. The molecular formula is C18H19FN4OS. The number of nitrogens with one attached hydrogen (secondary N) is 1. The number of thioether (sulfide) groups is 1. The monoisotopic (exact) mass is 358 g/mol. The van der Waals surface area contributed by atoms with E-state index in [1.165, 1.54) is 17.8 Å². The van der Waals surface area contributed by atoms with Gasteiger partial charge in [0.1, 0.15) is 28.3 Å². The van der Waals surface area contributed by atoms with Gasteiger partial charge < -0.3 is 5.32 Å². The highest BCUT2D eigenvalue weighted by Crippen LogP contribution is 2.27. The first-order chi connectivity index (χ1) is 11.8. The zero-order valence-corrected chi connectivity index (χ0v) is 15.4. The maximum absolute atomic E-state index is 13.6. The van der Waals surface area contributed by atoms with E-state index in [0.29, 0.717) is 39.8 Å². The topological polar surface area (TPSA) is 78.7 Å². The molecule has 0 aliphatic carbocycles. The number of hydrogen-bond donors (Lipinski definition) is 1. The van der Waals surface area contributed by atoms with E-state index in [-0.39, 0.29) is 11.7 Å². The van der Waals surface area contributed by atoms with Crippen LogP contribution in [0.3, 0.4) is 0 Å². The number of aromatic nitrogens is 2. The minimum atomic E-state index is -0.504. The van der Waals surface area contributed by atoms with Crippen LogP contribution in [0.25, 0.3) is 0 Å². The molecule has 0 fully saturated rings. The minimum absolute atomic E-state index is 0.286. The molecule has 1 amide bonds. The lowest BCUT2D eigenvalue weighted by molar-refractivity contribution is -0.115. The molecule has 7 heteroatoms. The second-order valence-corrected chi connectivity index (χ2v) is 6.91. The molecular weight excluding hydrogens is 339 g/mol. The minimum Gasteiger partial charge on any atom is -0.325 e. The van der Waals surface area contributed by atoms with Crippen molar-refractivity contribution in [1.82, 2.24) is 9.97 Å². The maximum Gasteiger partial charge on any atom is 0.237 e. The second-order valence-electron chi connectivity index (χ2n) is 5.58. The molecule has 130 valence electrons. The molecule has 0 bridgehead atoms. The van der Waals surface area contributed by atoms with Crippen LogP contribution in [0.15, 0.2) is 23.2 Å². The van der Waals surface area contributed by atoms with Crippen LogP contribution >= 0.6 is 11.8 Å². The molecule has 0 spiro atoms. The first kappa shape index (κ1) is 18.9.